The van der Waals surface area contributed by atoms with Crippen molar-refractivity contribution < 1.29 is 0 Å². The summed E-state index contributed by atoms with van der Waals surface area (Å²) in [4.78, 5) is 0. The molecular formula is C41H31N3. The van der Waals surface area contributed by atoms with Crippen LogP contribution in [-0.2, 0) is 6.54 Å². The van der Waals surface area contributed by atoms with E-state index in [9.17, 15) is 0 Å². The van der Waals surface area contributed by atoms with E-state index in [2.05, 4.69) is 157 Å². The third kappa shape index (κ3) is 4.42. The Morgan fingerprint density at radius 1 is 0.545 bits per heavy atom. The number of para-hydroxylation sites is 2. The van der Waals surface area contributed by atoms with Crippen LogP contribution in [0.3, 0.4) is 0 Å². The van der Waals surface area contributed by atoms with Crippen LogP contribution in [0.5, 0.6) is 0 Å². The van der Waals surface area contributed by atoms with Crippen molar-refractivity contribution in [2.45, 2.75) is 13.5 Å². The van der Waals surface area contributed by atoms with Gasteiger partial charge in [-0.05, 0) is 94.4 Å². The predicted molar refractivity (Wildman–Crippen MR) is 187 cm³/mol. The van der Waals surface area contributed by atoms with Crippen LogP contribution in [0.25, 0.3) is 44.6 Å². The quantitative estimate of drug-likeness (QED) is 0.145. The molecule has 1 aliphatic carbocycles. The highest BCUT2D eigenvalue weighted by molar-refractivity contribution is 6.09. The van der Waals surface area contributed by atoms with Gasteiger partial charge in [-0.1, -0.05) is 103 Å². The highest BCUT2D eigenvalue weighted by atomic mass is 15.5. The van der Waals surface area contributed by atoms with Crippen LogP contribution >= 0.6 is 0 Å². The minimum absolute atomic E-state index is 0.935. The number of aromatic nitrogens is 1. The van der Waals surface area contributed by atoms with Crippen LogP contribution in [0.4, 0.5) is 11.4 Å². The Kier molecular flexibility index (Phi) is 6.42. The lowest BCUT2D eigenvalue weighted by atomic mass is 10.0. The number of anilines is 2. The molecule has 1 aliphatic rings. The maximum atomic E-state index is 5.03. The van der Waals surface area contributed by atoms with Crippen LogP contribution < -0.4 is 5.01 Å². The number of fused-ring (bicyclic) bond motifs is 6. The Labute approximate surface area is 257 Å². The summed E-state index contributed by atoms with van der Waals surface area (Å²) in [7, 11) is 0. The predicted octanol–water partition coefficient (Wildman–Crippen LogP) is 10.6. The van der Waals surface area contributed by atoms with E-state index in [1.165, 1.54) is 49.6 Å². The van der Waals surface area contributed by atoms with Gasteiger partial charge in [-0.25, -0.2) is 5.01 Å². The monoisotopic (exact) mass is 565 g/mol. The molecule has 44 heavy (non-hydrogen) atoms. The maximum Gasteiger partial charge on any atom is 0.0653 e. The first-order chi connectivity index (χ1) is 21.8. The van der Waals surface area contributed by atoms with Gasteiger partial charge in [-0.15, -0.1) is 0 Å². The number of hydrazone groups is 1. The highest BCUT2D eigenvalue weighted by Crippen LogP contribution is 2.44. The van der Waals surface area contributed by atoms with Gasteiger partial charge in [0.05, 0.1) is 17.6 Å². The van der Waals surface area contributed by atoms with Gasteiger partial charge in [0.15, 0.2) is 0 Å². The molecule has 0 fully saturated rings. The fourth-order valence-corrected chi connectivity index (χ4v) is 6.55. The Morgan fingerprint density at radius 2 is 1.11 bits per heavy atom. The standard InChI is InChI=1S/C41H31N3/c1-2-43-40-19-11-10-18-37(40)39-27-30(22-25-41(39)43)28-42-44(31-12-4-3-5-13-31)32-23-20-29(21-24-32)26-38-35-16-8-6-14-33(35)34-15-7-9-17-36(34)38/h3-28H,2H2,1H3. The Hall–Kier alpha value is -5.67. The molecule has 0 saturated carbocycles. The van der Waals surface area contributed by atoms with E-state index < -0.39 is 0 Å². The molecule has 8 rings (SSSR count). The molecule has 6 aromatic carbocycles. The van der Waals surface area contributed by atoms with Crippen molar-refractivity contribution in [2.75, 3.05) is 5.01 Å². The third-order valence-electron chi connectivity index (χ3n) is 8.61. The molecular weight excluding hydrogens is 534 g/mol. The topological polar surface area (TPSA) is 20.5 Å². The van der Waals surface area contributed by atoms with Gasteiger partial charge >= 0.3 is 0 Å². The van der Waals surface area contributed by atoms with Gasteiger partial charge < -0.3 is 4.57 Å². The molecule has 7 aromatic rings. The summed E-state index contributed by atoms with van der Waals surface area (Å²) in [5.41, 5.74) is 13.2. The van der Waals surface area contributed by atoms with Crippen molar-refractivity contribution in [2.24, 2.45) is 5.10 Å². The van der Waals surface area contributed by atoms with Crippen molar-refractivity contribution >= 4 is 51.0 Å². The number of rotatable bonds is 6. The second kappa shape index (κ2) is 10.9. The molecule has 0 unspecified atom stereocenters. The van der Waals surface area contributed by atoms with E-state index in [4.69, 9.17) is 5.10 Å². The van der Waals surface area contributed by atoms with Gasteiger partial charge in [-0.3, -0.25) is 0 Å². The van der Waals surface area contributed by atoms with Gasteiger partial charge in [0.1, 0.15) is 0 Å². The molecule has 0 bridgehead atoms. The van der Waals surface area contributed by atoms with Crippen molar-refractivity contribution in [3.63, 3.8) is 0 Å². The van der Waals surface area contributed by atoms with Gasteiger partial charge in [0.25, 0.3) is 0 Å². The van der Waals surface area contributed by atoms with E-state index in [0.29, 0.717) is 0 Å². The minimum atomic E-state index is 0.935. The number of benzene rings is 6. The fourth-order valence-electron chi connectivity index (χ4n) is 6.55. The molecule has 1 heterocycles. The van der Waals surface area contributed by atoms with Crippen molar-refractivity contribution in [1.29, 1.82) is 0 Å². The zero-order chi connectivity index (χ0) is 29.5. The summed E-state index contributed by atoms with van der Waals surface area (Å²) in [6.07, 6.45) is 4.26. The van der Waals surface area contributed by atoms with E-state index in [0.717, 1.165) is 29.0 Å². The summed E-state index contributed by atoms with van der Waals surface area (Å²) in [6, 6.07) is 51.6. The Morgan fingerprint density at radius 3 is 1.82 bits per heavy atom. The molecule has 0 radical (unpaired) electrons. The second-order valence-electron chi connectivity index (χ2n) is 11.2. The van der Waals surface area contributed by atoms with Crippen molar-refractivity contribution in [1.82, 2.24) is 4.57 Å². The zero-order valence-corrected chi connectivity index (χ0v) is 24.6. The molecule has 0 amide bonds. The highest BCUT2D eigenvalue weighted by Gasteiger charge is 2.22. The molecule has 0 saturated heterocycles. The summed E-state index contributed by atoms with van der Waals surface area (Å²) in [5, 5.41) is 9.57. The van der Waals surface area contributed by atoms with Crippen LogP contribution in [0.1, 0.15) is 29.2 Å². The van der Waals surface area contributed by atoms with Crippen molar-refractivity contribution in [3.05, 3.63) is 168 Å². The van der Waals surface area contributed by atoms with E-state index >= 15 is 0 Å². The molecule has 0 atom stereocenters. The van der Waals surface area contributed by atoms with Gasteiger partial charge in [-0.2, -0.15) is 5.10 Å². The number of nitrogens with zero attached hydrogens (tertiary/aromatic N) is 3. The van der Waals surface area contributed by atoms with E-state index in [-0.39, 0.29) is 0 Å². The van der Waals surface area contributed by atoms with E-state index in [1.807, 2.05) is 17.3 Å². The van der Waals surface area contributed by atoms with Crippen LogP contribution in [0.2, 0.25) is 0 Å². The van der Waals surface area contributed by atoms with E-state index in [1.54, 1.807) is 0 Å². The Bertz CT molecular complexity index is 2150. The number of aryl methyl sites for hydroxylation is 1. The molecule has 210 valence electrons. The largest absolute Gasteiger partial charge is 0.341 e. The normalized spacial score (nSPS) is 12.2. The lowest BCUT2D eigenvalue weighted by Crippen LogP contribution is -2.09. The minimum Gasteiger partial charge on any atom is -0.341 e. The van der Waals surface area contributed by atoms with Gasteiger partial charge in [0, 0.05) is 28.4 Å². The smallest absolute Gasteiger partial charge is 0.0653 e. The fraction of sp³-hybridized carbons (Fsp3) is 0.0488. The number of hydrogen-bond donors (Lipinski definition) is 0. The maximum absolute atomic E-state index is 5.03. The summed E-state index contributed by atoms with van der Waals surface area (Å²) < 4.78 is 2.38. The first-order valence-corrected chi connectivity index (χ1v) is 15.2. The lowest BCUT2D eigenvalue weighted by Gasteiger charge is -2.19. The summed E-state index contributed by atoms with van der Waals surface area (Å²) in [5.74, 6) is 0. The SMILES string of the molecule is CCn1c2ccccc2c2cc(C=NN(c3ccccc3)c3ccc(C=C4c5ccccc5-c5ccccc54)cc3)ccc21. The molecule has 1 aromatic heterocycles. The summed E-state index contributed by atoms with van der Waals surface area (Å²) in [6.45, 7) is 3.14. The molecule has 0 aliphatic heterocycles. The molecule has 0 spiro atoms. The van der Waals surface area contributed by atoms with Crippen molar-refractivity contribution in [3.8, 4) is 11.1 Å². The molecule has 3 nitrogen and oxygen atoms in total. The average Bonchev–Trinajstić information content (AvgIpc) is 3.58. The number of hydrogen-bond acceptors (Lipinski definition) is 2. The molecule has 0 N–H and O–H groups in total. The lowest BCUT2D eigenvalue weighted by molar-refractivity contribution is 0.827. The Balaban J connectivity index is 1.15. The molecule has 3 heteroatoms. The van der Waals surface area contributed by atoms with Crippen LogP contribution in [0, 0.1) is 0 Å². The average molecular weight is 566 g/mol. The van der Waals surface area contributed by atoms with Crippen LogP contribution in [-0.4, -0.2) is 10.8 Å². The first-order valence-electron chi connectivity index (χ1n) is 15.2. The zero-order valence-electron chi connectivity index (χ0n) is 24.6. The second-order valence-corrected chi connectivity index (χ2v) is 11.2. The van der Waals surface area contributed by atoms with Gasteiger partial charge in [0.2, 0.25) is 0 Å². The third-order valence-corrected chi connectivity index (χ3v) is 8.61. The summed E-state index contributed by atoms with van der Waals surface area (Å²) >= 11 is 0. The first kappa shape index (κ1) is 26.0. The van der Waals surface area contributed by atoms with Crippen LogP contribution in [0.15, 0.2) is 151 Å².